The van der Waals surface area contributed by atoms with Crippen molar-refractivity contribution in [3.63, 3.8) is 0 Å². The highest BCUT2D eigenvalue weighted by Gasteiger charge is 2.33. The number of amides is 1. The summed E-state index contributed by atoms with van der Waals surface area (Å²) in [4.78, 5) is 11.7. The molecule has 23 heavy (non-hydrogen) atoms. The summed E-state index contributed by atoms with van der Waals surface area (Å²) >= 11 is 1.40. The maximum atomic E-state index is 11.1. The summed E-state index contributed by atoms with van der Waals surface area (Å²) in [5, 5.41) is 16.5. The summed E-state index contributed by atoms with van der Waals surface area (Å²) in [6, 6.07) is 11.0. The van der Waals surface area contributed by atoms with E-state index < -0.39 is 5.79 Å². The number of carbonyl (C=O) groups is 1. The van der Waals surface area contributed by atoms with Crippen molar-refractivity contribution in [1.82, 2.24) is 5.32 Å². The largest absolute Gasteiger partial charge is 0.460 e. The van der Waals surface area contributed by atoms with Crippen molar-refractivity contribution >= 4 is 28.2 Å². The molecule has 2 heterocycles. The Hall–Kier alpha value is -2.31. The number of fused-ring (bicyclic) bond motifs is 1. The minimum atomic E-state index is -1.53. The van der Waals surface area contributed by atoms with Gasteiger partial charge in [0.05, 0.1) is 11.1 Å². The Bertz CT molecular complexity index is 796. The van der Waals surface area contributed by atoms with Crippen molar-refractivity contribution in [1.29, 1.82) is 0 Å². The van der Waals surface area contributed by atoms with Gasteiger partial charge in [0.1, 0.15) is 0 Å². The maximum Gasteiger partial charge on any atom is 0.246 e. The Morgan fingerprint density at radius 1 is 1.35 bits per heavy atom. The highest BCUT2D eigenvalue weighted by molar-refractivity contribution is 7.10. The van der Waals surface area contributed by atoms with Gasteiger partial charge in [-0.2, -0.15) is 0 Å². The van der Waals surface area contributed by atoms with Crippen LogP contribution in [0.25, 0.3) is 11.0 Å². The van der Waals surface area contributed by atoms with E-state index in [-0.39, 0.29) is 12.3 Å². The zero-order valence-electron chi connectivity index (χ0n) is 12.6. The van der Waals surface area contributed by atoms with E-state index in [0.29, 0.717) is 22.8 Å². The van der Waals surface area contributed by atoms with Crippen LogP contribution in [-0.2, 0) is 10.6 Å². The first-order valence-corrected chi connectivity index (χ1v) is 8.12. The van der Waals surface area contributed by atoms with Crippen LogP contribution in [0, 0.1) is 0 Å². The summed E-state index contributed by atoms with van der Waals surface area (Å²) in [7, 11) is 0. The smallest absolute Gasteiger partial charge is 0.246 e. The highest BCUT2D eigenvalue weighted by Crippen LogP contribution is 2.35. The standard InChI is InChI=1S/C17H17NO4S/c1-12(19)18-9-8-17(20,15-6-3-11-23-15)22-14-5-2-4-13-7-10-21-16(13)14/h2-7,10-11,20H,8-9H2,1H3,(H,18,19). The fraction of sp³-hybridized carbons (Fsp3) is 0.235. The van der Waals surface area contributed by atoms with Gasteiger partial charge >= 0.3 is 0 Å². The Balaban J connectivity index is 1.89. The molecule has 0 saturated heterocycles. The Kier molecular flexibility index (Phi) is 4.36. The third kappa shape index (κ3) is 3.38. The number of hydrogen-bond acceptors (Lipinski definition) is 5. The van der Waals surface area contributed by atoms with Gasteiger partial charge in [-0.05, 0) is 23.6 Å². The minimum absolute atomic E-state index is 0.147. The normalized spacial score (nSPS) is 13.7. The van der Waals surface area contributed by atoms with E-state index in [2.05, 4.69) is 5.32 Å². The van der Waals surface area contributed by atoms with E-state index in [0.717, 1.165) is 5.39 Å². The molecule has 1 amide bonds. The second-order valence-electron chi connectivity index (χ2n) is 5.19. The lowest BCUT2D eigenvalue weighted by molar-refractivity contribution is -0.148. The molecule has 1 aromatic carbocycles. The summed E-state index contributed by atoms with van der Waals surface area (Å²) < 4.78 is 11.4. The van der Waals surface area contributed by atoms with E-state index in [9.17, 15) is 9.90 Å². The Labute approximate surface area is 137 Å². The van der Waals surface area contributed by atoms with Crippen LogP contribution >= 0.6 is 11.3 Å². The number of furan rings is 1. The van der Waals surface area contributed by atoms with Gasteiger partial charge in [0.25, 0.3) is 0 Å². The van der Waals surface area contributed by atoms with Crippen LogP contribution in [0.3, 0.4) is 0 Å². The van der Waals surface area contributed by atoms with Crippen molar-refractivity contribution in [3.05, 3.63) is 52.9 Å². The molecule has 6 heteroatoms. The van der Waals surface area contributed by atoms with Gasteiger partial charge in [-0.15, -0.1) is 11.3 Å². The number of aliphatic hydroxyl groups is 1. The first kappa shape index (κ1) is 15.6. The molecular formula is C17H17NO4S. The molecule has 2 N–H and O–H groups in total. The van der Waals surface area contributed by atoms with Crippen molar-refractivity contribution in [2.75, 3.05) is 6.54 Å². The number of thiophene rings is 1. The summed E-state index contributed by atoms with van der Waals surface area (Å²) in [6.45, 7) is 1.74. The lowest BCUT2D eigenvalue weighted by Gasteiger charge is -2.28. The van der Waals surface area contributed by atoms with Crippen molar-refractivity contribution in [2.24, 2.45) is 0 Å². The molecular weight excluding hydrogens is 314 g/mol. The molecule has 3 aromatic rings. The number of nitrogens with one attached hydrogen (secondary N) is 1. The fourth-order valence-corrected chi connectivity index (χ4v) is 3.15. The van der Waals surface area contributed by atoms with E-state index in [1.807, 2.05) is 29.6 Å². The third-order valence-electron chi connectivity index (χ3n) is 3.47. The number of hydrogen-bond donors (Lipinski definition) is 2. The van der Waals surface area contributed by atoms with Gasteiger partial charge in [-0.25, -0.2) is 0 Å². The molecule has 0 aliphatic heterocycles. The van der Waals surface area contributed by atoms with Crippen LogP contribution in [-0.4, -0.2) is 17.6 Å². The van der Waals surface area contributed by atoms with Crippen LogP contribution in [0.1, 0.15) is 18.2 Å². The fourth-order valence-electron chi connectivity index (χ4n) is 2.36. The van der Waals surface area contributed by atoms with Gasteiger partial charge in [0, 0.05) is 25.3 Å². The van der Waals surface area contributed by atoms with Crippen molar-refractivity contribution < 1.29 is 19.1 Å². The lowest BCUT2D eigenvalue weighted by atomic mass is 10.1. The van der Waals surface area contributed by atoms with E-state index >= 15 is 0 Å². The molecule has 3 rings (SSSR count). The molecule has 0 bridgehead atoms. The predicted molar refractivity (Wildman–Crippen MR) is 88.4 cm³/mol. The molecule has 1 atom stereocenters. The molecule has 0 spiro atoms. The quantitative estimate of drug-likeness (QED) is 0.680. The van der Waals surface area contributed by atoms with Crippen LogP contribution in [0.15, 0.2) is 52.5 Å². The summed E-state index contributed by atoms with van der Waals surface area (Å²) in [5.74, 6) is -1.21. The maximum absolute atomic E-state index is 11.1. The number of ether oxygens (including phenoxy) is 1. The van der Waals surface area contributed by atoms with E-state index in [4.69, 9.17) is 9.15 Å². The molecule has 120 valence electrons. The molecule has 0 aliphatic rings. The molecule has 2 aromatic heterocycles. The van der Waals surface area contributed by atoms with Crippen molar-refractivity contribution in [3.8, 4) is 5.75 Å². The molecule has 0 radical (unpaired) electrons. The number of para-hydroxylation sites is 1. The highest BCUT2D eigenvalue weighted by atomic mass is 32.1. The number of benzene rings is 1. The van der Waals surface area contributed by atoms with E-state index in [1.54, 1.807) is 18.4 Å². The van der Waals surface area contributed by atoms with Crippen LogP contribution in [0.4, 0.5) is 0 Å². The number of rotatable bonds is 6. The lowest BCUT2D eigenvalue weighted by Crippen LogP contribution is -2.36. The third-order valence-corrected chi connectivity index (χ3v) is 4.47. The SMILES string of the molecule is CC(=O)NCCC(O)(Oc1cccc2ccoc12)c1cccs1. The first-order chi connectivity index (χ1) is 11.1. The van der Waals surface area contributed by atoms with Crippen molar-refractivity contribution in [2.45, 2.75) is 19.1 Å². The first-order valence-electron chi connectivity index (χ1n) is 7.24. The van der Waals surface area contributed by atoms with Crippen LogP contribution in [0.5, 0.6) is 5.75 Å². The van der Waals surface area contributed by atoms with Gasteiger partial charge in [-0.1, -0.05) is 18.2 Å². The molecule has 0 aliphatic carbocycles. The second-order valence-corrected chi connectivity index (χ2v) is 6.14. The second kappa shape index (κ2) is 6.44. The monoisotopic (exact) mass is 331 g/mol. The molecule has 0 saturated carbocycles. The van der Waals surface area contributed by atoms with Gasteiger partial charge in [0.15, 0.2) is 11.3 Å². The topological polar surface area (TPSA) is 71.7 Å². The van der Waals surface area contributed by atoms with E-state index in [1.165, 1.54) is 18.3 Å². The van der Waals surface area contributed by atoms with Crippen LogP contribution < -0.4 is 10.1 Å². The molecule has 1 unspecified atom stereocenters. The minimum Gasteiger partial charge on any atom is -0.460 e. The Morgan fingerprint density at radius 3 is 2.96 bits per heavy atom. The average molecular weight is 331 g/mol. The summed E-state index contributed by atoms with van der Waals surface area (Å²) in [6.07, 6.45) is 1.81. The van der Waals surface area contributed by atoms with Gasteiger partial charge in [-0.3, -0.25) is 4.79 Å². The zero-order valence-corrected chi connectivity index (χ0v) is 13.4. The van der Waals surface area contributed by atoms with Gasteiger partial charge < -0.3 is 19.6 Å². The number of carbonyl (C=O) groups excluding carboxylic acids is 1. The predicted octanol–water partition coefficient (Wildman–Crippen LogP) is 3.24. The van der Waals surface area contributed by atoms with Gasteiger partial charge in [0.2, 0.25) is 11.7 Å². The Morgan fingerprint density at radius 2 is 2.22 bits per heavy atom. The average Bonchev–Trinajstić information content (AvgIpc) is 3.19. The summed E-state index contributed by atoms with van der Waals surface area (Å²) in [5.41, 5.74) is 0.585. The van der Waals surface area contributed by atoms with Crippen LogP contribution in [0.2, 0.25) is 0 Å². The zero-order chi connectivity index (χ0) is 16.3. The molecule has 0 fully saturated rings. The molecule has 5 nitrogen and oxygen atoms in total.